The third kappa shape index (κ3) is 3.24. The molecular formula is C21H24O8. The minimum Gasteiger partial charge on any atom is -0.511 e. The van der Waals surface area contributed by atoms with E-state index >= 15 is 0 Å². The van der Waals surface area contributed by atoms with E-state index in [0.717, 1.165) is 13.8 Å². The number of phenolic OH excluding ortho intramolecular Hbond substituents is 2. The van der Waals surface area contributed by atoms with E-state index in [1.54, 1.807) is 0 Å². The minimum absolute atomic E-state index is 0.00847. The zero-order valence-electron chi connectivity index (χ0n) is 17.1. The van der Waals surface area contributed by atoms with Gasteiger partial charge < -0.3 is 25.2 Å². The second-order valence-corrected chi connectivity index (χ2v) is 7.50. The monoisotopic (exact) mass is 404 g/mol. The first-order valence-corrected chi connectivity index (χ1v) is 8.83. The predicted molar refractivity (Wildman–Crippen MR) is 104 cm³/mol. The number of benzene rings is 1. The van der Waals surface area contributed by atoms with Crippen LogP contribution in [0.3, 0.4) is 0 Å². The second kappa shape index (κ2) is 7.27. The fourth-order valence-electron chi connectivity index (χ4n) is 3.50. The van der Waals surface area contributed by atoms with Crippen molar-refractivity contribution in [2.24, 2.45) is 5.41 Å². The first-order chi connectivity index (χ1) is 13.3. The lowest BCUT2D eigenvalue weighted by Gasteiger charge is -2.31. The van der Waals surface area contributed by atoms with E-state index in [-0.39, 0.29) is 34.4 Å². The number of rotatable bonds is 5. The van der Waals surface area contributed by atoms with Gasteiger partial charge in [0, 0.05) is 23.1 Å². The van der Waals surface area contributed by atoms with Crippen LogP contribution < -0.4 is 4.74 Å². The lowest BCUT2D eigenvalue weighted by atomic mass is 9.73. The van der Waals surface area contributed by atoms with Crippen molar-refractivity contribution < 1.29 is 39.5 Å². The molecule has 0 atom stereocenters. The van der Waals surface area contributed by atoms with Crippen LogP contribution in [0.2, 0.25) is 0 Å². The summed E-state index contributed by atoms with van der Waals surface area (Å²) in [7, 11) is 1.29. The van der Waals surface area contributed by atoms with E-state index in [4.69, 9.17) is 4.74 Å². The van der Waals surface area contributed by atoms with Crippen LogP contribution in [-0.4, -0.2) is 44.9 Å². The molecule has 0 bridgehead atoms. The quantitative estimate of drug-likeness (QED) is 0.433. The number of aliphatic hydroxyl groups is 2. The normalized spacial score (nSPS) is 16.3. The summed E-state index contributed by atoms with van der Waals surface area (Å²) < 4.78 is 5.26. The topological polar surface area (TPSA) is 141 Å². The second-order valence-electron chi connectivity index (χ2n) is 7.50. The van der Waals surface area contributed by atoms with Crippen LogP contribution in [-0.2, 0) is 16.0 Å². The summed E-state index contributed by atoms with van der Waals surface area (Å²) in [4.78, 5) is 36.4. The van der Waals surface area contributed by atoms with Crippen LogP contribution in [0, 0.1) is 12.3 Å². The summed E-state index contributed by atoms with van der Waals surface area (Å²) in [5.74, 6) is -4.16. The number of hydrogen-bond donors (Lipinski definition) is 4. The molecule has 0 heterocycles. The Morgan fingerprint density at radius 2 is 1.55 bits per heavy atom. The maximum absolute atomic E-state index is 12.6. The largest absolute Gasteiger partial charge is 0.511 e. The molecule has 0 amide bonds. The molecule has 1 aliphatic carbocycles. The van der Waals surface area contributed by atoms with Crippen LogP contribution >= 0.6 is 0 Å². The van der Waals surface area contributed by atoms with E-state index < -0.39 is 51.4 Å². The van der Waals surface area contributed by atoms with Gasteiger partial charge in [-0.2, -0.15) is 0 Å². The highest BCUT2D eigenvalue weighted by atomic mass is 16.5. The fourth-order valence-corrected chi connectivity index (χ4v) is 3.50. The van der Waals surface area contributed by atoms with E-state index in [1.165, 1.54) is 27.9 Å². The number of phenols is 2. The van der Waals surface area contributed by atoms with Gasteiger partial charge in [-0.15, -0.1) is 0 Å². The average Bonchev–Trinajstić information content (AvgIpc) is 2.61. The Bertz CT molecular complexity index is 1010. The number of allylic oxidation sites excluding steroid dienone is 3. The van der Waals surface area contributed by atoms with E-state index in [2.05, 4.69) is 0 Å². The van der Waals surface area contributed by atoms with Gasteiger partial charge in [-0.05, 0) is 34.6 Å². The van der Waals surface area contributed by atoms with Gasteiger partial charge in [0.05, 0.1) is 12.5 Å². The summed E-state index contributed by atoms with van der Waals surface area (Å²) in [5.41, 5.74) is -2.25. The standard InChI is InChI=1S/C21H24O8/c1-8-15(24)13(9(2)22)16(25)11(18(8)29-6)7-12-17(26)14(10(3)23)20(28)21(4,5)19(12)27/h24-27H,7H2,1-6H3. The van der Waals surface area contributed by atoms with Crippen molar-refractivity contribution in [3.8, 4) is 17.2 Å². The Kier molecular flexibility index (Phi) is 5.52. The van der Waals surface area contributed by atoms with Crippen LogP contribution in [0.5, 0.6) is 17.2 Å². The zero-order chi connectivity index (χ0) is 22.4. The molecule has 2 rings (SSSR count). The third-order valence-corrected chi connectivity index (χ3v) is 5.19. The van der Waals surface area contributed by atoms with Crippen LogP contribution in [0.1, 0.15) is 49.2 Å². The summed E-state index contributed by atoms with van der Waals surface area (Å²) in [6.45, 7) is 6.56. The van der Waals surface area contributed by atoms with E-state index in [9.17, 15) is 34.8 Å². The molecule has 8 nitrogen and oxygen atoms in total. The van der Waals surface area contributed by atoms with Gasteiger partial charge in [0.2, 0.25) is 0 Å². The zero-order valence-corrected chi connectivity index (χ0v) is 17.1. The first kappa shape index (κ1) is 22.0. The fraction of sp³-hybridized carbons (Fsp3) is 0.381. The molecule has 8 heteroatoms. The lowest BCUT2D eigenvalue weighted by Crippen LogP contribution is -2.36. The number of hydrogen-bond acceptors (Lipinski definition) is 8. The molecule has 0 saturated heterocycles. The van der Waals surface area contributed by atoms with Gasteiger partial charge in [-0.1, -0.05) is 0 Å². The molecule has 0 aliphatic heterocycles. The molecule has 0 radical (unpaired) electrons. The summed E-state index contributed by atoms with van der Waals surface area (Å²) in [5, 5.41) is 42.1. The van der Waals surface area contributed by atoms with Crippen molar-refractivity contribution in [1.29, 1.82) is 0 Å². The van der Waals surface area contributed by atoms with Gasteiger partial charge in [0.15, 0.2) is 17.3 Å². The van der Waals surface area contributed by atoms with Crippen molar-refractivity contribution >= 4 is 17.3 Å². The van der Waals surface area contributed by atoms with Gasteiger partial charge in [0.1, 0.15) is 39.9 Å². The third-order valence-electron chi connectivity index (χ3n) is 5.19. The van der Waals surface area contributed by atoms with E-state index in [1.807, 2.05) is 0 Å². The van der Waals surface area contributed by atoms with Crippen molar-refractivity contribution in [1.82, 2.24) is 0 Å². The Morgan fingerprint density at radius 3 is 2.00 bits per heavy atom. The molecule has 156 valence electrons. The van der Waals surface area contributed by atoms with Crippen molar-refractivity contribution in [3.63, 3.8) is 0 Å². The summed E-state index contributed by atoms with van der Waals surface area (Å²) in [6.07, 6.45) is -0.360. The van der Waals surface area contributed by atoms with Crippen molar-refractivity contribution in [2.45, 2.75) is 41.0 Å². The molecule has 1 aliphatic rings. The number of carbonyl (C=O) groups is 3. The number of Topliss-reactive ketones (excluding diaryl/α,β-unsaturated/α-hetero) is 3. The Labute approximate surface area is 167 Å². The Hall–Kier alpha value is -3.29. The molecule has 0 aromatic heterocycles. The highest BCUT2D eigenvalue weighted by Gasteiger charge is 2.44. The number of aromatic hydroxyl groups is 2. The SMILES string of the molecule is COc1c(C)c(O)c(C(C)=O)c(O)c1CC1=C(O)C(C)(C)C(=O)C(C(C)=O)=C1O. The molecule has 0 fully saturated rings. The first-order valence-electron chi connectivity index (χ1n) is 8.83. The smallest absolute Gasteiger partial charge is 0.183 e. The van der Waals surface area contributed by atoms with Gasteiger partial charge in [-0.3, -0.25) is 14.4 Å². The van der Waals surface area contributed by atoms with Gasteiger partial charge >= 0.3 is 0 Å². The molecule has 0 unspecified atom stereocenters. The van der Waals surface area contributed by atoms with Crippen LogP contribution in [0.15, 0.2) is 22.7 Å². The van der Waals surface area contributed by atoms with Gasteiger partial charge in [0.25, 0.3) is 0 Å². The molecule has 1 aromatic carbocycles. The van der Waals surface area contributed by atoms with E-state index in [0.29, 0.717) is 0 Å². The highest BCUT2D eigenvalue weighted by Crippen LogP contribution is 2.46. The molecule has 29 heavy (non-hydrogen) atoms. The minimum atomic E-state index is -1.49. The van der Waals surface area contributed by atoms with Gasteiger partial charge in [-0.25, -0.2) is 0 Å². The summed E-state index contributed by atoms with van der Waals surface area (Å²) in [6, 6.07) is 0. The molecule has 0 saturated carbocycles. The lowest BCUT2D eigenvalue weighted by molar-refractivity contribution is -0.126. The number of aliphatic hydroxyl groups excluding tert-OH is 2. The van der Waals surface area contributed by atoms with Crippen LogP contribution in [0.25, 0.3) is 0 Å². The highest BCUT2D eigenvalue weighted by molar-refractivity contribution is 6.23. The predicted octanol–water partition coefficient (Wildman–Crippen LogP) is 2.98. The Morgan fingerprint density at radius 1 is 1.00 bits per heavy atom. The molecule has 0 spiro atoms. The molecule has 4 N–H and O–H groups in total. The van der Waals surface area contributed by atoms with Crippen LogP contribution in [0.4, 0.5) is 0 Å². The van der Waals surface area contributed by atoms with Crippen molar-refractivity contribution in [2.75, 3.05) is 7.11 Å². The number of carbonyl (C=O) groups excluding carboxylic acids is 3. The number of methoxy groups -OCH3 is 1. The maximum Gasteiger partial charge on any atom is 0.183 e. The molecule has 1 aromatic rings. The number of ketones is 3. The summed E-state index contributed by atoms with van der Waals surface area (Å²) >= 11 is 0. The number of ether oxygens (including phenoxy) is 1. The molecular weight excluding hydrogens is 380 g/mol. The Balaban J connectivity index is 2.85. The van der Waals surface area contributed by atoms with Crippen molar-refractivity contribution in [3.05, 3.63) is 39.4 Å². The average molecular weight is 404 g/mol. The maximum atomic E-state index is 12.6.